The first kappa shape index (κ1) is 45.8. The first-order valence-electron chi connectivity index (χ1n) is 20.9. The lowest BCUT2D eigenvalue weighted by molar-refractivity contribution is -0.139. The minimum absolute atomic E-state index is 0.0679. The van der Waals surface area contributed by atoms with Crippen molar-refractivity contribution in [1.82, 2.24) is 33.5 Å². The molecule has 4 atom stereocenters. The fourth-order valence-corrected chi connectivity index (χ4v) is 9.96. The molecule has 3 aliphatic rings. The standard InChI is InChI=1S/C46H39Cl2F3N8O9/c1-55-34-21-38(68-4)37(67-3)20-32(34)53-31(41(55)62)14-15-56-43(64)57-16-13-27-28(11-5-23-6-12-35(60)36(17-23)66-2)45(24-7-9-26(47)10-8-24)29(19-33(27)59(57)44(56)65)40(61)58(42(45)63)54-39-30(48)18-25(22-52-39)46(49,50)51/h5-13,17-18,20-22,28-29,33,60H,14-16,19H2,1-4H3,(H,52,54). The van der Waals surface area contributed by atoms with Crippen molar-refractivity contribution in [2.24, 2.45) is 18.9 Å². The molecule has 2 aliphatic heterocycles. The number of hydrazine groups is 1. The summed E-state index contributed by atoms with van der Waals surface area (Å²) in [6.07, 6.45) is 0.440. The van der Waals surface area contributed by atoms with Gasteiger partial charge >= 0.3 is 17.6 Å². The number of aromatic nitrogens is 6. The second-order valence-electron chi connectivity index (χ2n) is 16.3. The van der Waals surface area contributed by atoms with Crippen LogP contribution in [0, 0.1) is 11.8 Å². The number of aromatic hydroxyl groups is 1. The molecule has 1 saturated carbocycles. The van der Waals surface area contributed by atoms with E-state index in [9.17, 15) is 37.5 Å². The summed E-state index contributed by atoms with van der Waals surface area (Å²) in [5.41, 5.74) is -0.0352. The molecule has 17 nitrogen and oxygen atoms in total. The van der Waals surface area contributed by atoms with Crippen LogP contribution < -0.4 is 36.6 Å². The van der Waals surface area contributed by atoms with Crippen LogP contribution in [0.15, 0.2) is 99.0 Å². The molecule has 352 valence electrons. The Hall–Kier alpha value is -7.32. The Morgan fingerprint density at radius 2 is 1.63 bits per heavy atom. The van der Waals surface area contributed by atoms with E-state index in [-0.39, 0.29) is 43.1 Å². The zero-order valence-electron chi connectivity index (χ0n) is 36.4. The van der Waals surface area contributed by atoms with Gasteiger partial charge in [0.1, 0.15) is 5.69 Å². The van der Waals surface area contributed by atoms with Crippen LogP contribution >= 0.6 is 23.2 Å². The van der Waals surface area contributed by atoms with E-state index < -0.39 is 74.6 Å². The number of aryl methyl sites for hydroxylation is 2. The van der Waals surface area contributed by atoms with Crippen molar-refractivity contribution < 1.29 is 42.1 Å². The van der Waals surface area contributed by atoms with Gasteiger partial charge in [0.2, 0.25) is 0 Å². The molecule has 22 heteroatoms. The smallest absolute Gasteiger partial charge is 0.417 e. The quantitative estimate of drug-likeness (QED) is 0.115. The van der Waals surface area contributed by atoms with Crippen molar-refractivity contribution in [2.75, 3.05) is 26.8 Å². The van der Waals surface area contributed by atoms with Gasteiger partial charge in [0.15, 0.2) is 28.8 Å². The second kappa shape index (κ2) is 17.1. The molecule has 2 N–H and O–H groups in total. The summed E-state index contributed by atoms with van der Waals surface area (Å²) < 4.78 is 61.8. The topological polar surface area (TPSA) is 194 Å². The number of rotatable bonds is 11. The molecule has 0 spiro atoms. The number of hydrogen-bond donors (Lipinski definition) is 2. The number of imide groups is 1. The number of pyridine rings is 1. The van der Waals surface area contributed by atoms with Crippen molar-refractivity contribution in [3.63, 3.8) is 0 Å². The summed E-state index contributed by atoms with van der Waals surface area (Å²) in [6, 6.07) is 13.7. The van der Waals surface area contributed by atoms with Crippen LogP contribution in [0.2, 0.25) is 10.0 Å². The van der Waals surface area contributed by atoms with Crippen LogP contribution in [0.5, 0.6) is 23.0 Å². The molecule has 2 amide bonds. The van der Waals surface area contributed by atoms with Gasteiger partial charge in [-0.3, -0.25) is 19.8 Å². The fraction of sp³-hybridized carbons (Fsp3) is 0.283. The largest absolute Gasteiger partial charge is 0.504 e. The van der Waals surface area contributed by atoms with E-state index in [0.29, 0.717) is 61.5 Å². The first-order chi connectivity index (χ1) is 32.4. The van der Waals surface area contributed by atoms with Gasteiger partial charge in [-0.05, 0) is 53.5 Å². The number of phenolic OH excluding ortho intramolecular Hbond substituents is 1. The average Bonchev–Trinajstić information content (AvgIpc) is 3.69. The van der Waals surface area contributed by atoms with Crippen LogP contribution in [0.25, 0.3) is 17.1 Å². The number of benzene rings is 3. The van der Waals surface area contributed by atoms with Crippen LogP contribution in [-0.4, -0.2) is 71.7 Å². The van der Waals surface area contributed by atoms with Crippen molar-refractivity contribution >= 4 is 57.9 Å². The molecule has 0 radical (unpaired) electrons. The molecule has 9 rings (SSSR count). The van der Waals surface area contributed by atoms with Crippen LogP contribution in [0.4, 0.5) is 19.0 Å². The van der Waals surface area contributed by atoms with E-state index in [1.807, 2.05) is 0 Å². The predicted molar refractivity (Wildman–Crippen MR) is 242 cm³/mol. The van der Waals surface area contributed by atoms with E-state index in [2.05, 4.69) is 15.4 Å². The number of phenols is 1. The van der Waals surface area contributed by atoms with Crippen LogP contribution in [0.1, 0.15) is 34.8 Å². The van der Waals surface area contributed by atoms with E-state index >= 15 is 4.79 Å². The molecule has 0 bridgehead atoms. The van der Waals surface area contributed by atoms with Crippen molar-refractivity contribution in [3.05, 3.63) is 148 Å². The molecule has 3 aromatic carbocycles. The minimum atomic E-state index is -4.79. The Bertz CT molecular complexity index is 3330. The van der Waals surface area contributed by atoms with Gasteiger partial charge in [-0.15, -0.1) is 0 Å². The summed E-state index contributed by atoms with van der Waals surface area (Å²) in [6.45, 7) is -0.396. The monoisotopic (exact) mass is 974 g/mol. The molecule has 1 saturated heterocycles. The third-order valence-corrected chi connectivity index (χ3v) is 13.4. The van der Waals surface area contributed by atoms with Gasteiger partial charge in [-0.2, -0.15) is 18.2 Å². The predicted octanol–water partition coefficient (Wildman–Crippen LogP) is 5.92. The fourth-order valence-electron chi connectivity index (χ4n) is 9.62. The Labute approximate surface area is 392 Å². The number of ether oxygens (including phenoxy) is 3. The van der Waals surface area contributed by atoms with Gasteiger partial charge in [0, 0.05) is 49.3 Å². The van der Waals surface area contributed by atoms with Gasteiger partial charge in [-0.1, -0.05) is 59.6 Å². The zero-order chi connectivity index (χ0) is 48.6. The SMILES string of the molecule is COc1cc(C=CC2C3=CCn4c(=O)n(CCc5nc6cc(OC)c(OC)cc6n(C)c5=O)c(=O)n4C3CC3C(=O)N(Nc4ncc(C(F)(F)F)cc4Cl)C(=O)C23c2ccc(Cl)cc2)ccc1O. The van der Waals surface area contributed by atoms with E-state index in [1.54, 1.807) is 73.8 Å². The lowest BCUT2D eigenvalue weighted by Crippen LogP contribution is -2.54. The number of halogens is 5. The normalized spacial score (nSPS) is 20.0. The summed E-state index contributed by atoms with van der Waals surface area (Å²) in [4.78, 5) is 81.3. The lowest BCUT2D eigenvalue weighted by Gasteiger charge is -2.47. The van der Waals surface area contributed by atoms with Gasteiger partial charge < -0.3 is 23.9 Å². The number of carbonyl (C=O) groups excluding carboxylic acids is 2. The third-order valence-electron chi connectivity index (χ3n) is 12.9. The van der Waals surface area contributed by atoms with Gasteiger partial charge in [0.25, 0.3) is 17.4 Å². The summed E-state index contributed by atoms with van der Waals surface area (Å²) >= 11 is 12.7. The number of allylic oxidation sites excluding steroid dienone is 3. The highest BCUT2D eigenvalue weighted by molar-refractivity contribution is 6.33. The Morgan fingerprint density at radius 3 is 2.31 bits per heavy atom. The lowest BCUT2D eigenvalue weighted by atomic mass is 9.54. The highest BCUT2D eigenvalue weighted by atomic mass is 35.5. The molecule has 5 heterocycles. The Balaban J connectivity index is 1.16. The summed E-state index contributed by atoms with van der Waals surface area (Å²) in [5.74, 6) is -3.66. The highest BCUT2D eigenvalue weighted by Crippen LogP contribution is 2.59. The number of methoxy groups -OCH3 is 3. The maximum atomic E-state index is 15.4. The average molecular weight is 976 g/mol. The number of nitrogens with one attached hydrogen (secondary N) is 1. The zero-order valence-corrected chi connectivity index (χ0v) is 37.9. The second-order valence-corrected chi connectivity index (χ2v) is 17.2. The van der Waals surface area contributed by atoms with Gasteiger partial charge in [-0.25, -0.2) is 33.5 Å². The Kier molecular flexibility index (Phi) is 11.5. The number of alkyl halides is 3. The maximum Gasteiger partial charge on any atom is 0.417 e. The number of hydrogen-bond acceptors (Lipinski definition) is 12. The summed E-state index contributed by atoms with van der Waals surface area (Å²) in [5, 5.41) is 10.8. The molecule has 3 aromatic heterocycles. The molecule has 6 aromatic rings. The molecule has 68 heavy (non-hydrogen) atoms. The molecule has 4 unspecified atom stereocenters. The molecule has 1 aliphatic carbocycles. The molecular weight excluding hydrogens is 936 g/mol. The van der Waals surface area contributed by atoms with E-state index in [0.717, 1.165) is 4.57 Å². The number of fused-ring (bicyclic) bond motifs is 5. The number of amides is 2. The van der Waals surface area contributed by atoms with Crippen molar-refractivity contribution in [3.8, 4) is 23.0 Å². The minimum Gasteiger partial charge on any atom is -0.504 e. The van der Waals surface area contributed by atoms with Crippen LogP contribution in [-0.2, 0) is 47.7 Å². The van der Waals surface area contributed by atoms with Crippen molar-refractivity contribution in [2.45, 2.75) is 43.6 Å². The van der Waals surface area contributed by atoms with Crippen molar-refractivity contribution in [1.29, 1.82) is 0 Å². The van der Waals surface area contributed by atoms with E-state index in [4.69, 9.17) is 37.4 Å². The molecule has 2 fully saturated rings. The number of carbonyl (C=O) groups is 2. The van der Waals surface area contributed by atoms with E-state index in [1.165, 1.54) is 41.3 Å². The van der Waals surface area contributed by atoms with Crippen LogP contribution in [0.3, 0.4) is 0 Å². The Morgan fingerprint density at radius 1 is 0.926 bits per heavy atom. The third kappa shape index (κ3) is 7.29. The van der Waals surface area contributed by atoms with Gasteiger partial charge in [0.05, 0.1) is 66.9 Å². The summed E-state index contributed by atoms with van der Waals surface area (Å²) in [7, 11) is 5.86. The first-order valence-corrected chi connectivity index (χ1v) is 21.6. The highest BCUT2D eigenvalue weighted by Gasteiger charge is 2.68. The maximum absolute atomic E-state index is 15.4. The molecular formula is C46H39Cl2F3N8O9. The number of nitrogens with zero attached hydrogens (tertiary/aromatic N) is 7. The number of anilines is 1.